The summed E-state index contributed by atoms with van der Waals surface area (Å²) in [4.78, 5) is 0. The third kappa shape index (κ3) is 4.90. The molecule has 1 rings (SSSR count). The maximum Gasteiger partial charge on any atom is 0.176 e. The number of benzene rings is 1. The molecule has 0 saturated carbocycles. The summed E-state index contributed by atoms with van der Waals surface area (Å²) in [5, 5.41) is 3.31. The van der Waals surface area contributed by atoms with Gasteiger partial charge in [-0.3, -0.25) is 0 Å². The molecule has 0 aliphatic carbocycles. The van der Waals surface area contributed by atoms with Crippen LogP contribution in [0.4, 0.5) is 4.39 Å². The van der Waals surface area contributed by atoms with E-state index in [-0.39, 0.29) is 11.9 Å². The van der Waals surface area contributed by atoms with E-state index in [1.54, 1.807) is 12.1 Å². The van der Waals surface area contributed by atoms with Crippen LogP contribution in [-0.2, 0) is 9.47 Å². The van der Waals surface area contributed by atoms with E-state index in [4.69, 9.17) is 9.47 Å². The van der Waals surface area contributed by atoms with Gasteiger partial charge >= 0.3 is 0 Å². The van der Waals surface area contributed by atoms with Crippen LogP contribution in [0.5, 0.6) is 0 Å². The Bertz CT molecular complexity index is 354. The van der Waals surface area contributed by atoms with E-state index in [1.807, 2.05) is 19.9 Å². The summed E-state index contributed by atoms with van der Waals surface area (Å²) >= 11 is 0. The van der Waals surface area contributed by atoms with Crippen molar-refractivity contribution in [2.75, 3.05) is 19.8 Å². The Labute approximate surface area is 115 Å². The van der Waals surface area contributed by atoms with Gasteiger partial charge in [0.05, 0.1) is 6.04 Å². The number of ether oxygens (including phenoxy) is 2. The number of hydrogen-bond acceptors (Lipinski definition) is 3. The van der Waals surface area contributed by atoms with Crippen LogP contribution in [-0.4, -0.2) is 26.0 Å². The molecule has 0 fully saturated rings. The fraction of sp³-hybridized carbons (Fsp3) is 0.600. The van der Waals surface area contributed by atoms with E-state index in [2.05, 4.69) is 12.2 Å². The lowest BCUT2D eigenvalue weighted by Gasteiger charge is -2.28. The van der Waals surface area contributed by atoms with Gasteiger partial charge in [0.25, 0.3) is 0 Å². The van der Waals surface area contributed by atoms with Crippen molar-refractivity contribution in [1.29, 1.82) is 0 Å². The van der Waals surface area contributed by atoms with Gasteiger partial charge in [-0.15, -0.1) is 0 Å². The second-order valence-electron chi connectivity index (χ2n) is 4.23. The minimum absolute atomic E-state index is 0.236. The zero-order valence-corrected chi connectivity index (χ0v) is 12.0. The van der Waals surface area contributed by atoms with Crippen molar-refractivity contribution >= 4 is 0 Å². The lowest BCUT2D eigenvalue weighted by Crippen LogP contribution is -2.37. The minimum atomic E-state index is -0.474. The topological polar surface area (TPSA) is 30.5 Å². The highest BCUT2D eigenvalue weighted by Gasteiger charge is 2.25. The first kappa shape index (κ1) is 16.1. The third-order valence-electron chi connectivity index (χ3n) is 2.79. The summed E-state index contributed by atoms with van der Waals surface area (Å²) in [5.74, 6) is -0.236. The SMILES string of the molecule is CCCNC(c1ccccc1F)C(OCC)OCC. The largest absolute Gasteiger partial charge is 0.351 e. The Hall–Kier alpha value is -0.970. The molecule has 0 aliphatic heterocycles. The highest BCUT2D eigenvalue weighted by atomic mass is 19.1. The first-order valence-electron chi connectivity index (χ1n) is 6.95. The molecular formula is C15H24FNO2. The number of rotatable bonds is 9. The summed E-state index contributed by atoms with van der Waals surface area (Å²) in [6.07, 6.45) is 0.495. The Morgan fingerprint density at radius 3 is 2.26 bits per heavy atom. The van der Waals surface area contributed by atoms with E-state index >= 15 is 0 Å². The van der Waals surface area contributed by atoms with Gasteiger partial charge in [-0.25, -0.2) is 4.39 Å². The molecule has 0 aromatic heterocycles. The van der Waals surface area contributed by atoms with Crippen LogP contribution in [0.3, 0.4) is 0 Å². The second kappa shape index (κ2) is 9.02. The van der Waals surface area contributed by atoms with Crippen molar-refractivity contribution in [3.05, 3.63) is 35.6 Å². The summed E-state index contributed by atoms with van der Waals surface area (Å²) < 4.78 is 25.2. The van der Waals surface area contributed by atoms with Crippen LogP contribution in [0.25, 0.3) is 0 Å². The van der Waals surface area contributed by atoms with Crippen molar-refractivity contribution in [3.63, 3.8) is 0 Å². The first-order chi connectivity index (χ1) is 9.24. The molecule has 1 unspecified atom stereocenters. The summed E-state index contributed by atoms with van der Waals surface area (Å²) in [5.41, 5.74) is 0.586. The third-order valence-corrected chi connectivity index (χ3v) is 2.79. The van der Waals surface area contributed by atoms with Gasteiger partial charge in [0.1, 0.15) is 5.82 Å². The van der Waals surface area contributed by atoms with Crippen LogP contribution in [0.1, 0.15) is 38.8 Å². The van der Waals surface area contributed by atoms with Gasteiger partial charge in [0.15, 0.2) is 6.29 Å². The van der Waals surface area contributed by atoms with Crippen molar-refractivity contribution < 1.29 is 13.9 Å². The van der Waals surface area contributed by atoms with Crippen LogP contribution in [0, 0.1) is 5.82 Å². The minimum Gasteiger partial charge on any atom is -0.351 e. The van der Waals surface area contributed by atoms with Gasteiger partial charge in [-0.2, -0.15) is 0 Å². The van der Waals surface area contributed by atoms with Gasteiger partial charge in [0, 0.05) is 18.8 Å². The molecule has 0 bridgehead atoms. The molecule has 4 heteroatoms. The summed E-state index contributed by atoms with van der Waals surface area (Å²) in [6, 6.07) is 6.46. The van der Waals surface area contributed by atoms with E-state index in [0.717, 1.165) is 13.0 Å². The average Bonchev–Trinajstić information content (AvgIpc) is 2.41. The van der Waals surface area contributed by atoms with Crippen molar-refractivity contribution in [2.24, 2.45) is 0 Å². The average molecular weight is 269 g/mol. The Kier molecular flexibility index (Phi) is 7.63. The molecule has 0 heterocycles. The highest BCUT2D eigenvalue weighted by Crippen LogP contribution is 2.23. The fourth-order valence-electron chi connectivity index (χ4n) is 1.95. The molecule has 0 saturated heterocycles. The maximum absolute atomic E-state index is 14.0. The zero-order chi connectivity index (χ0) is 14.1. The van der Waals surface area contributed by atoms with Gasteiger partial charge in [-0.1, -0.05) is 25.1 Å². The molecular weight excluding hydrogens is 245 g/mol. The van der Waals surface area contributed by atoms with Crippen LogP contribution in [0.15, 0.2) is 24.3 Å². The molecule has 1 aromatic rings. The maximum atomic E-state index is 14.0. The van der Waals surface area contributed by atoms with Crippen molar-refractivity contribution in [1.82, 2.24) is 5.32 Å². The molecule has 1 atom stereocenters. The predicted molar refractivity (Wildman–Crippen MR) is 74.5 cm³/mol. The van der Waals surface area contributed by atoms with E-state index in [9.17, 15) is 4.39 Å². The first-order valence-corrected chi connectivity index (χ1v) is 6.95. The number of halogens is 1. The molecule has 0 amide bonds. The molecule has 3 nitrogen and oxygen atoms in total. The smallest absolute Gasteiger partial charge is 0.176 e. The standard InChI is InChI=1S/C15H24FNO2/c1-4-11-17-14(15(18-5-2)19-6-3)12-9-7-8-10-13(12)16/h7-10,14-15,17H,4-6,11H2,1-3H3. The van der Waals surface area contributed by atoms with E-state index in [1.165, 1.54) is 6.07 Å². The lowest BCUT2D eigenvalue weighted by molar-refractivity contribution is -0.155. The molecule has 1 aromatic carbocycles. The zero-order valence-electron chi connectivity index (χ0n) is 12.0. The van der Waals surface area contributed by atoms with Gasteiger partial charge in [0.2, 0.25) is 0 Å². The van der Waals surface area contributed by atoms with Gasteiger partial charge < -0.3 is 14.8 Å². The Balaban J connectivity index is 2.94. The van der Waals surface area contributed by atoms with Crippen LogP contribution >= 0.6 is 0 Å². The fourth-order valence-corrected chi connectivity index (χ4v) is 1.95. The van der Waals surface area contributed by atoms with Crippen molar-refractivity contribution in [2.45, 2.75) is 39.5 Å². The van der Waals surface area contributed by atoms with Crippen LogP contribution in [0.2, 0.25) is 0 Å². The monoisotopic (exact) mass is 269 g/mol. The molecule has 19 heavy (non-hydrogen) atoms. The summed E-state index contributed by atoms with van der Waals surface area (Å²) in [6.45, 7) is 7.73. The molecule has 108 valence electrons. The Morgan fingerprint density at radius 2 is 1.74 bits per heavy atom. The summed E-state index contributed by atoms with van der Waals surface area (Å²) in [7, 11) is 0. The molecule has 1 N–H and O–H groups in total. The Morgan fingerprint density at radius 1 is 1.11 bits per heavy atom. The van der Waals surface area contributed by atoms with Crippen molar-refractivity contribution in [3.8, 4) is 0 Å². The number of nitrogens with one attached hydrogen (secondary N) is 1. The quantitative estimate of drug-likeness (QED) is 0.698. The van der Waals surface area contributed by atoms with Crippen LogP contribution < -0.4 is 5.32 Å². The van der Waals surface area contributed by atoms with E-state index in [0.29, 0.717) is 18.8 Å². The van der Waals surface area contributed by atoms with E-state index < -0.39 is 6.29 Å². The predicted octanol–water partition coefficient (Wildman–Crippen LogP) is 3.27. The normalized spacial score (nSPS) is 12.9. The molecule has 0 aliphatic rings. The highest BCUT2D eigenvalue weighted by molar-refractivity contribution is 5.21. The molecule has 0 spiro atoms. The lowest BCUT2D eigenvalue weighted by atomic mass is 10.1. The molecule has 0 radical (unpaired) electrons. The van der Waals surface area contributed by atoms with Gasteiger partial charge in [-0.05, 0) is 32.9 Å². The second-order valence-corrected chi connectivity index (χ2v) is 4.23. The number of hydrogen-bond donors (Lipinski definition) is 1.